The highest BCUT2D eigenvalue weighted by Gasteiger charge is 2.43. The van der Waals surface area contributed by atoms with Crippen LogP contribution in [-0.2, 0) is 11.2 Å². The fourth-order valence-corrected chi connectivity index (χ4v) is 5.41. The molecule has 3 heterocycles. The predicted octanol–water partition coefficient (Wildman–Crippen LogP) is 3.97. The van der Waals surface area contributed by atoms with Crippen molar-refractivity contribution in [2.45, 2.75) is 37.5 Å². The van der Waals surface area contributed by atoms with Crippen LogP contribution in [0, 0.1) is 5.92 Å². The largest absolute Gasteiger partial charge is 0.384 e. The molecule has 0 saturated carbocycles. The molecule has 3 aliphatic rings. The molecule has 1 spiro atoms. The highest BCUT2D eigenvalue weighted by atomic mass is 32.2. The summed E-state index contributed by atoms with van der Waals surface area (Å²) in [5, 5.41) is 3.37. The van der Waals surface area contributed by atoms with Gasteiger partial charge in [-0.25, -0.2) is 4.39 Å². The first-order valence-electron chi connectivity index (χ1n) is 7.99. The monoisotopic (exact) mass is 307 g/mol. The number of benzene rings is 1. The number of halogens is 1. The van der Waals surface area contributed by atoms with Gasteiger partial charge in [0, 0.05) is 30.2 Å². The minimum absolute atomic E-state index is 0.0384. The third kappa shape index (κ3) is 2.46. The van der Waals surface area contributed by atoms with Gasteiger partial charge in [-0.05, 0) is 42.9 Å². The van der Waals surface area contributed by atoms with Gasteiger partial charge >= 0.3 is 0 Å². The number of hydrogen-bond acceptors (Lipinski definition) is 3. The summed E-state index contributed by atoms with van der Waals surface area (Å²) in [5.41, 5.74) is 3.17. The Morgan fingerprint density at radius 2 is 2.38 bits per heavy atom. The zero-order valence-corrected chi connectivity index (χ0v) is 13.1. The molecule has 21 heavy (non-hydrogen) atoms. The Bertz CT molecular complexity index is 530. The molecule has 114 valence electrons. The van der Waals surface area contributed by atoms with Gasteiger partial charge in [-0.1, -0.05) is 18.2 Å². The summed E-state index contributed by atoms with van der Waals surface area (Å²) in [5.74, 6) is 2.30. The number of hydrogen-bond donors (Lipinski definition) is 1. The Kier molecular flexibility index (Phi) is 3.62. The molecular weight excluding hydrogens is 285 g/mol. The van der Waals surface area contributed by atoms with Crippen LogP contribution in [-0.4, -0.2) is 30.3 Å². The van der Waals surface area contributed by atoms with E-state index < -0.39 is 6.17 Å². The van der Waals surface area contributed by atoms with Gasteiger partial charge in [-0.2, -0.15) is 11.8 Å². The van der Waals surface area contributed by atoms with Crippen LogP contribution in [0.3, 0.4) is 0 Å². The van der Waals surface area contributed by atoms with Gasteiger partial charge in [-0.3, -0.25) is 0 Å². The average molecular weight is 307 g/mol. The molecule has 1 aromatic rings. The molecule has 2 nitrogen and oxygen atoms in total. The van der Waals surface area contributed by atoms with Gasteiger partial charge in [0.05, 0.1) is 5.60 Å². The number of rotatable bonds is 2. The number of anilines is 1. The third-order valence-corrected chi connectivity index (χ3v) is 6.41. The van der Waals surface area contributed by atoms with Gasteiger partial charge in [0.25, 0.3) is 0 Å². The summed E-state index contributed by atoms with van der Waals surface area (Å²) >= 11 is 1.95. The first-order valence-corrected chi connectivity index (χ1v) is 9.14. The molecule has 4 rings (SSSR count). The molecule has 0 amide bonds. The van der Waals surface area contributed by atoms with E-state index in [4.69, 9.17) is 4.74 Å². The molecule has 4 heteroatoms. The minimum Gasteiger partial charge on any atom is -0.384 e. The van der Waals surface area contributed by atoms with Crippen molar-refractivity contribution < 1.29 is 9.13 Å². The standard InChI is InChI=1S/C17H22FNOS/c18-15(14-3-1-2-12-4-7-19-16(12)14)13-5-8-20-17(10-13)6-9-21-11-17/h1-3,13,15,19H,4-11H2. The third-order valence-electron chi connectivity index (χ3n) is 5.19. The SMILES string of the molecule is FC(c1cccc2c1NCC2)C1CCOC2(CCSC2)C1. The molecule has 1 N–H and O–H groups in total. The topological polar surface area (TPSA) is 21.3 Å². The van der Waals surface area contributed by atoms with Gasteiger partial charge < -0.3 is 10.1 Å². The second-order valence-corrected chi connectivity index (χ2v) is 7.65. The highest BCUT2D eigenvalue weighted by Crippen LogP contribution is 2.46. The lowest BCUT2D eigenvalue weighted by molar-refractivity contribution is -0.0921. The van der Waals surface area contributed by atoms with Crippen LogP contribution < -0.4 is 5.32 Å². The summed E-state index contributed by atoms with van der Waals surface area (Å²) in [6, 6.07) is 6.09. The normalized spacial score (nSPS) is 32.9. The van der Waals surface area contributed by atoms with E-state index in [1.54, 1.807) is 0 Å². The summed E-state index contributed by atoms with van der Waals surface area (Å²) in [4.78, 5) is 0. The smallest absolute Gasteiger partial charge is 0.130 e. The number of fused-ring (bicyclic) bond motifs is 1. The van der Waals surface area contributed by atoms with Crippen LogP contribution in [0.15, 0.2) is 18.2 Å². The van der Waals surface area contributed by atoms with E-state index in [9.17, 15) is 0 Å². The molecule has 3 atom stereocenters. The Hall–Kier alpha value is -0.740. The first kappa shape index (κ1) is 13.9. The van der Waals surface area contributed by atoms with E-state index in [1.165, 1.54) is 5.56 Å². The Labute approximate surface area is 129 Å². The Morgan fingerprint density at radius 3 is 3.24 bits per heavy atom. The van der Waals surface area contributed by atoms with Crippen LogP contribution in [0.5, 0.6) is 0 Å². The van der Waals surface area contributed by atoms with Gasteiger partial charge in [-0.15, -0.1) is 0 Å². The van der Waals surface area contributed by atoms with Gasteiger partial charge in [0.2, 0.25) is 0 Å². The zero-order chi connectivity index (χ0) is 14.3. The van der Waals surface area contributed by atoms with Crippen molar-refractivity contribution in [1.82, 2.24) is 0 Å². The molecule has 2 fully saturated rings. The van der Waals surface area contributed by atoms with Crippen molar-refractivity contribution in [3.05, 3.63) is 29.3 Å². The van der Waals surface area contributed by atoms with Crippen LogP contribution in [0.2, 0.25) is 0 Å². The van der Waals surface area contributed by atoms with Crippen molar-refractivity contribution in [2.24, 2.45) is 5.92 Å². The van der Waals surface area contributed by atoms with Crippen molar-refractivity contribution in [3.63, 3.8) is 0 Å². The quantitative estimate of drug-likeness (QED) is 0.893. The highest BCUT2D eigenvalue weighted by molar-refractivity contribution is 7.99. The molecule has 2 saturated heterocycles. The number of thioether (sulfide) groups is 1. The first-order chi connectivity index (χ1) is 10.3. The van der Waals surface area contributed by atoms with Crippen molar-refractivity contribution in [3.8, 4) is 0 Å². The number of nitrogens with one attached hydrogen (secondary N) is 1. The summed E-state index contributed by atoms with van der Waals surface area (Å²) in [7, 11) is 0. The lowest BCUT2D eigenvalue weighted by atomic mass is 9.80. The summed E-state index contributed by atoms with van der Waals surface area (Å²) in [6.07, 6.45) is 2.97. The fourth-order valence-electron chi connectivity index (χ4n) is 4.03. The lowest BCUT2D eigenvalue weighted by Crippen LogP contribution is -2.41. The maximum absolute atomic E-state index is 15.2. The molecule has 3 aliphatic heterocycles. The number of ether oxygens (including phenoxy) is 1. The molecule has 0 bridgehead atoms. The Morgan fingerprint density at radius 1 is 1.43 bits per heavy atom. The maximum atomic E-state index is 15.2. The molecular formula is C17H22FNOS. The van der Waals surface area contributed by atoms with E-state index in [0.29, 0.717) is 6.61 Å². The number of para-hydroxylation sites is 1. The van der Waals surface area contributed by atoms with Crippen LogP contribution in [0.1, 0.15) is 36.6 Å². The molecule has 3 unspecified atom stereocenters. The minimum atomic E-state index is -0.864. The van der Waals surface area contributed by atoms with Crippen LogP contribution in [0.25, 0.3) is 0 Å². The second kappa shape index (κ2) is 5.47. The molecule has 1 aromatic carbocycles. The van der Waals surface area contributed by atoms with Crippen LogP contribution in [0.4, 0.5) is 10.1 Å². The van der Waals surface area contributed by atoms with Crippen molar-refractivity contribution in [1.29, 1.82) is 0 Å². The Balaban J connectivity index is 1.57. The lowest BCUT2D eigenvalue weighted by Gasteiger charge is -2.39. The van der Waals surface area contributed by atoms with Gasteiger partial charge in [0.1, 0.15) is 6.17 Å². The average Bonchev–Trinajstić information content (AvgIpc) is 3.15. The summed E-state index contributed by atoms with van der Waals surface area (Å²) in [6.45, 7) is 1.65. The molecule has 0 radical (unpaired) electrons. The van der Waals surface area contributed by atoms with Crippen LogP contribution >= 0.6 is 11.8 Å². The van der Waals surface area contributed by atoms with Gasteiger partial charge in [0.15, 0.2) is 0 Å². The maximum Gasteiger partial charge on any atom is 0.130 e. The predicted molar refractivity (Wildman–Crippen MR) is 85.8 cm³/mol. The van der Waals surface area contributed by atoms with E-state index >= 15 is 4.39 Å². The van der Waals surface area contributed by atoms with E-state index in [2.05, 4.69) is 11.4 Å². The van der Waals surface area contributed by atoms with E-state index in [-0.39, 0.29) is 11.5 Å². The molecule has 0 aromatic heterocycles. The van der Waals surface area contributed by atoms with Crippen molar-refractivity contribution in [2.75, 3.05) is 30.0 Å². The fraction of sp³-hybridized carbons (Fsp3) is 0.647. The second-order valence-electron chi connectivity index (χ2n) is 6.55. The number of alkyl halides is 1. The molecule has 0 aliphatic carbocycles. The van der Waals surface area contributed by atoms with Crippen molar-refractivity contribution >= 4 is 17.4 Å². The summed E-state index contributed by atoms with van der Waals surface area (Å²) < 4.78 is 21.2. The zero-order valence-electron chi connectivity index (χ0n) is 12.2. The van der Waals surface area contributed by atoms with E-state index in [1.807, 2.05) is 23.9 Å². The van der Waals surface area contributed by atoms with E-state index in [0.717, 1.165) is 55.0 Å².